The summed E-state index contributed by atoms with van der Waals surface area (Å²) >= 11 is 0. The molecule has 118 valence electrons. The van der Waals surface area contributed by atoms with E-state index in [0.29, 0.717) is 5.41 Å². The Balaban J connectivity index is 1.75. The van der Waals surface area contributed by atoms with Gasteiger partial charge in [0.25, 0.3) is 0 Å². The topological polar surface area (TPSA) is 12.0 Å². The fourth-order valence-electron chi connectivity index (χ4n) is 4.91. The van der Waals surface area contributed by atoms with Crippen LogP contribution in [0, 0.1) is 29.1 Å². The van der Waals surface area contributed by atoms with Crippen molar-refractivity contribution in [2.75, 3.05) is 6.54 Å². The summed E-state index contributed by atoms with van der Waals surface area (Å²) in [6.45, 7) is 15.4. The molecule has 0 aromatic heterocycles. The standard InChI is InChI=1S/C20H33N/c1-13-9-16-15(18(13)12-21-19(2,3)4)8-7-14-10-20(5,6)11-17(14)16/h7-8,13,15-16,18,21H,9-12H2,1-6H3. The third kappa shape index (κ3) is 2.99. The van der Waals surface area contributed by atoms with Gasteiger partial charge in [0, 0.05) is 5.54 Å². The number of hydrogen-bond donors (Lipinski definition) is 1. The molecule has 0 aromatic carbocycles. The van der Waals surface area contributed by atoms with E-state index in [1.165, 1.54) is 25.8 Å². The van der Waals surface area contributed by atoms with Crippen molar-refractivity contribution in [1.82, 2.24) is 5.32 Å². The van der Waals surface area contributed by atoms with Gasteiger partial charge in [-0.25, -0.2) is 0 Å². The van der Waals surface area contributed by atoms with Crippen LogP contribution >= 0.6 is 0 Å². The lowest BCUT2D eigenvalue weighted by molar-refractivity contribution is 0.295. The summed E-state index contributed by atoms with van der Waals surface area (Å²) in [5.41, 5.74) is 4.22. The summed E-state index contributed by atoms with van der Waals surface area (Å²) in [5.74, 6) is 3.27. The van der Waals surface area contributed by atoms with Gasteiger partial charge in [-0.2, -0.15) is 0 Å². The van der Waals surface area contributed by atoms with Crippen LogP contribution in [0.4, 0.5) is 0 Å². The Morgan fingerprint density at radius 3 is 2.62 bits per heavy atom. The van der Waals surface area contributed by atoms with Crippen LogP contribution in [0.25, 0.3) is 0 Å². The monoisotopic (exact) mass is 287 g/mol. The quantitative estimate of drug-likeness (QED) is 0.758. The lowest BCUT2D eigenvalue weighted by atomic mass is 9.78. The van der Waals surface area contributed by atoms with Crippen LogP contribution in [0.15, 0.2) is 23.3 Å². The fourth-order valence-corrected chi connectivity index (χ4v) is 4.91. The molecule has 0 bridgehead atoms. The van der Waals surface area contributed by atoms with Crippen molar-refractivity contribution in [1.29, 1.82) is 0 Å². The summed E-state index contributed by atoms with van der Waals surface area (Å²) in [4.78, 5) is 0. The van der Waals surface area contributed by atoms with Crippen molar-refractivity contribution >= 4 is 0 Å². The number of fused-ring (bicyclic) bond motifs is 2. The van der Waals surface area contributed by atoms with Crippen molar-refractivity contribution in [3.63, 3.8) is 0 Å². The van der Waals surface area contributed by atoms with Crippen LogP contribution in [0.2, 0.25) is 0 Å². The van der Waals surface area contributed by atoms with Crippen molar-refractivity contribution < 1.29 is 0 Å². The molecule has 4 unspecified atom stereocenters. The molecule has 0 aliphatic heterocycles. The van der Waals surface area contributed by atoms with E-state index in [2.05, 4.69) is 59.0 Å². The van der Waals surface area contributed by atoms with Crippen LogP contribution < -0.4 is 5.32 Å². The maximum atomic E-state index is 3.75. The van der Waals surface area contributed by atoms with Crippen LogP contribution in [0.5, 0.6) is 0 Å². The Bertz CT molecular complexity index is 475. The first kappa shape index (κ1) is 15.3. The smallest absolute Gasteiger partial charge is 0.00966 e. The van der Waals surface area contributed by atoms with Crippen LogP contribution in [-0.2, 0) is 0 Å². The van der Waals surface area contributed by atoms with E-state index >= 15 is 0 Å². The summed E-state index contributed by atoms with van der Waals surface area (Å²) in [6, 6.07) is 0. The Morgan fingerprint density at radius 2 is 1.95 bits per heavy atom. The minimum Gasteiger partial charge on any atom is -0.312 e. The minimum absolute atomic E-state index is 0.232. The van der Waals surface area contributed by atoms with E-state index < -0.39 is 0 Å². The lowest BCUT2D eigenvalue weighted by Crippen LogP contribution is -2.41. The maximum absolute atomic E-state index is 3.75. The van der Waals surface area contributed by atoms with Crippen molar-refractivity contribution in [2.24, 2.45) is 29.1 Å². The zero-order valence-corrected chi connectivity index (χ0v) is 14.8. The molecule has 3 aliphatic rings. The first-order valence-corrected chi connectivity index (χ1v) is 8.81. The molecule has 0 saturated heterocycles. The average Bonchev–Trinajstić information content (AvgIpc) is 2.80. The predicted octanol–water partition coefficient (Wildman–Crippen LogP) is 4.95. The zero-order chi connectivity index (χ0) is 15.4. The number of nitrogens with one attached hydrogen (secondary N) is 1. The van der Waals surface area contributed by atoms with Gasteiger partial charge >= 0.3 is 0 Å². The van der Waals surface area contributed by atoms with Crippen LogP contribution in [0.3, 0.4) is 0 Å². The summed E-state index contributed by atoms with van der Waals surface area (Å²) in [7, 11) is 0. The molecule has 1 saturated carbocycles. The molecule has 0 radical (unpaired) electrons. The van der Waals surface area contributed by atoms with E-state index in [0.717, 1.165) is 23.7 Å². The molecule has 0 amide bonds. The van der Waals surface area contributed by atoms with E-state index in [9.17, 15) is 0 Å². The molecule has 3 rings (SSSR count). The van der Waals surface area contributed by atoms with Crippen LogP contribution in [0.1, 0.15) is 60.8 Å². The molecule has 1 fully saturated rings. The van der Waals surface area contributed by atoms with Crippen molar-refractivity contribution in [2.45, 2.75) is 66.3 Å². The summed E-state index contributed by atoms with van der Waals surface area (Å²) in [6.07, 6.45) is 9.07. The Labute approximate surface area is 131 Å². The first-order valence-electron chi connectivity index (χ1n) is 8.81. The van der Waals surface area contributed by atoms with Gasteiger partial charge in [-0.3, -0.25) is 0 Å². The highest BCUT2D eigenvalue weighted by atomic mass is 14.9. The van der Waals surface area contributed by atoms with Gasteiger partial charge in [0.15, 0.2) is 0 Å². The molecule has 1 N–H and O–H groups in total. The predicted molar refractivity (Wildman–Crippen MR) is 91.2 cm³/mol. The van der Waals surface area contributed by atoms with Gasteiger partial charge < -0.3 is 5.32 Å². The molecule has 4 atom stereocenters. The molecule has 0 heterocycles. The van der Waals surface area contributed by atoms with Gasteiger partial charge in [-0.15, -0.1) is 0 Å². The Hall–Kier alpha value is -0.560. The molecular weight excluding hydrogens is 254 g/mol. The van der Waals surface area contributed by atoms with Gasteiger partial charge in [0.1, 0.15) is 0 Å². The zero-order valence-electron chi connectivity index (χ0n) is 14.8. The summed E-state index contributed by atoms with van der Waals surface area (Å²) < 4.78 is 0. The molecule has 1 nitrogen and oxygen atoms in total. The number of hydrogen-bond acceptors (Lipinski definition) is 1. The van der Waals surface area contributed by atoms with Crippen molar-refractivity contribution in [3.8, 4) is 0 Å². The van der Waals surface area contributed by atoms with E-state index in [1.54, 1.807) is 5.57 Å². The number of rotatable bonds is 2. The molecule has 21 heavy (non-hydrogen) atoms. The molecule has 3 aliphatic carbocycles. The third-order valence-corrected chi connectivity index (χ3v) is 5.90. The van der Waals surface area contributed by atoms with E-state index in [4.69, 9.17) is 0 Å². The molecular formula is C20H33N. The van der Waals surface area contributed by atoms with Gasteiger partial charge in [-0.05, 0) is 81.2 Å². The van der Waals surface area contributed by atoms with E-state index in [-0.39, 0.29) is 5.54 Å². The minimum atomic E-state index is 0.232. The number of allylic oxidation sites excluding steroid dienone is 4. The second kappa shape index (κ2) is 4.98. The highest BCUT2D eigenvalue weighted by Gasteiger charge is 2.46. The summed E-state index contributed by atoms with van der Waals surface area (Å²) in [5, 5.41) is 3.75. The maximum Gasteiger partial charge on any atom is 0.00966 e. The van der Waals surface area contributed by atoms with E-state index in [1.807, 2.05) is 5.57 Å². The molecule has 0 aromatic rings. The lowest BCUT2D eigenvalue weighted by Gasteiger charge is -2.30. The SMILES string of the molecule is CC1CC2C3=C(C=CC2C1CNC(C)(C)C)CC(C)(C)C3. The normalized spacial score (nSPS) is 37.8. The third-order valence-electron chi connectivity index (χ3n) is 5.90. The molecule has 1 heteroatoms. The van der Waals surface area contributed by atoms with Crippen LogP contribution in [-0.4, -0.2) is 12.1 Å². The Morgan fingerprint density at radius 1 is 1.24 bits per heavy atom. The Kier molecular flexibility index (Phi) is 3.64. The fraction of sp³-hybridized carbons (Fsp3) is 0.800. The second-order valence-electron chi connectivity index (χ2n) is 9.62. The second-order valence-corrected chi connectivity index (χ2v) is 9.62. The highest BCUT2D eigenvalue weighted by Crippen LogP contribution is 2.55. The van der Waals surface area contributed by atoms with Gasteiger partial charge in [-0.1, -0.05) is 38.5 Å². The van der Waals surface area contributed by atoms with Gasteiger partial charge in [0.2, 0.25) is 0 Å². The molecule has 0 spiro atoms. The highest BCUT2D eigenvalue weighted by molar-refractivity contribution is 5.39. The van der Waals surface area contributed by atoms with Gasteiger partial charge in [0.05, 0.1) is 0 Å². The van der Waals surface area contributed by atoms with Crippen molar-refractivity contribution in [3.05, 3.63) is 23.3 Å². The first-order chi connectivity index (χ1) is 9.66. The average molecular weight is 287 g/mol. The largest absolute Gasteiger partial charge is 0.312 e.